The van der Waals surface area contributed by atoms with Gasteiger partial charge in [0.05, 0.1) is 26.4 Å². The molecule has 2 aliphatic heterocycles. The molecule has 0 aromatic heterocycles. The van der Waals surface area contributed by atoms with Crippen molar-refractivity contribution < 1.29 is 18.9 Å². The summed E-state index contributed by atoms with van der Waals surface area (Å²) in [5.74, 6) is -0.939. The monoisotopic (exact) mass is 436 g/mol. The zero-order valence-corrected chi connectivity index (χ0v) is 19.7. The van der Waals surface area contributed by atoms with E-state index in [1.54, 1.807) is 0 Å². The van der Waals surface area contributed by atoms with Crippen LogP contribution in [0.25, 0.3) is 0 Å². The second-order valence-corrected chi connectivity index (χ2v) is 14.5. The highest BCUT2D eigenvalue weighted by Crippen LogP contribution is 2.44. The van der Waals surface area contributed by atoms with Crippen LogP contribution in [0.1, 0.15) is 35.1 Å². The summed E-state index contributed by atoms with van der Waals surface area (Å²) < 4.78 is 25.1. The van der Waals surface area contributed by atoms with Gasteiger partial charge in [-0.15, -0.1) is 0 Å². The first-order valence-corrected chi connectivity index (χ1v) is 14.8. The SMILES string of the molecule is C[Si](C)(c1ccccc1)c1cc2c(c3c1CC1(C3)OCCCO1)CC1(C2)OCCCO1. The van der Waals surface area contributed by atoms with Crippen molar-refractivity contribution in [3.63, 3.8) is 0 Å². The van der Waals surface area contributed by atoms with Crippen molar-refractivity contribution in [2.24, 2.45) is 0 Å². The van der Waals surface area contributed by atoms with Crippen LogP contribution in [0.15, 0.2) is 36.4 Å². The van der Waals surface area contributed by atoms with E-state index >= 15 is 0 Å². The minimum absolute atomic E-state index is 0.463. The van der Waals surface area contributed by atoms with Crippen molar-refractivity contribution in [3.8, 4) is 0 Å². The van der Waals surface area contributed by atoms with Crippen LogP contribution in [0.4, 0.5) is 0 Å². The van der Waals surface area contributed by atoms with Gasteiger partial charge >= 0.3 is 0 Å². The van der Waals surface area contributed by atoms with Crippen molar-refractivity contribution in [2.45, 2.75) is 63.2 Å². The average molecular weight is 437 g/mol. The Bertz CT molecular complexity index is 988. The topological polar surface area (TPSA) is 36.9 Å². The molecule has 6 rings (SSSR count). The lowest BCUT2D eigenvalue weighted by molar-refractivity contribution is -0.262. The Labute approximate surface area is 185 Å². The van der Waals surface area contributed by atoms with Gasteiger partial charge in [-0.1, -0.05) is 59.9 Å². The van der Waals surface area contributed by atoms with Crippen LogP contribution in [0.2, 0.25) is 13.1 Å². The van der Waals surface area contributed by atoms with E-state index in [4.69, 9.17) is 18.9 Å². The maximum Gasteiger partial charge on any atom is 0.176 e. The van der Waals surface area contributed by atoms with Crippen molar-refractivity contribution >= 4 is 18.4 Å². The predicted octanol–water partition coefficient (Wildman–Crippen LogP) is 2.97. The van der Waals surface area contributed by atoms with E-state index < -0.39 is 19.6 Å². The molecule has 164 valence electrons. The lowest BCUT2D eigenvalue weighted by Crippen LogP contribution is -2.54. The Hall–Kier alpha value is -1.50. The van der Waals surface area contributed by atoms with Gasteiger partial charge in [0.2, 0.25) is 0 Å². The van der Waals surface area contributed by atoms with Crippen molar-refractivity contribution in [1.82, 2.24) is 0 Å². The largest absolute Gasteiger partial charge is 0.349 e. The van der Waals surface area contributed by atoms with E-state index in [1.165, 1.54) is 32.6 Å². The zero-order chi connectivity index (χ0) is 21.1. The molecule has 2 fully saturated rings. The average Bonchev–Trinajstić information content (AvgIpc) is 3.32. The minimum atomic E-state index is -1.89. The van der Waals surface area contributed by atoms with E-state index in [9.17, 15) is 0 Å². The Morgan fingerprint density at radius 2 is 1.23 bits per heavy atom. The predicted molar refractivity (Wildman–Crippen MR) is 123 cm³/mol. The van der Waals surface area contributed by atoms with Gasteiger partial charge in [-0.2, -0.15) is 0 Å². The fourth-order valence-corrected chi connectivity index (χ4v) is 8.98. The zero-order valence-electron chi connectivity index (χ0n) is 18.7. The molecule has 0 amide bonds. The Balaban J connectivity index is 1.48. The summed E-state index contributed by atoms with van der Waals surface area (Å²) in [5.41, 5.74) is 5.79. The molecule has 2 aromatic carbocycles. The third-order valence-electron chi connectivity index (χ3n) is 7.76. The van der Waals surface area contributed by atoms with Gasteiger partial charge in [0.25, 0.3) is 0 Å². The number of hydrogen-bond donors (Lipinski definition) is 0. The fourth-order valence-electron chi connectivity index (χ4n) is 6.11. The molecule has 0 radical (unpaired) electrons. The van der Waals surface area contributed by atoms with Gasteiger partial charge < -0.3 is 18.9 Å². The molecule has 2 aliphatic carbocycles. The first-order valence-electron chi connectivity index (χ1n) is 11.8. The van der Waals surface area contributed by atoms with Gasteiger partial charge in [-0.05, 0) is 35.1 Å². The molecule has 0 unspecified atom stereocenters. The van der Waals surface area contributed by atoms with Crippen LogP contribution < -0.4 is 10.4 Å². The summed E-state index contributed by atoms with van der Waals surface area (Å²) in [6, 6.07) is 13.6. The molecule has 2 aromatic rings. The minimum Gasteiger partial charge on any atom is -0.349 e. The molecule has 4 nitrogen and oxygen atoms in total. The summed E-state index contributed by atoms with van der Waals surface area (Å²) in [4.78, 5) is 0. The lowest BCUT2D eigenvalue weighted by Gasteiger charge is -2.34. The standard InChI is InChI=1S/C26H32O4Si/c1-31(2,20-8-4-3-5-9-20)24-14-19-15-25(27-10-6-11-28-25)16-21(19)22-17-26(18-23(22)24)29-12-7-13-30-26/h3-5,8-9,14H,6-7,10-13,15-18H2,1-2H3. The number of benzene rings is 2. The molecule has 4 aliphatic rings. The van der Waals surface area contributed by atoms with Crippen molar-refractivity contribution in [3.05, 3.63) is 58.7 Å². The molecule has 2 spiro atoms. The van der Waals surface area contributed by atoms with Gasteiger partial charge in [-0.3, -0.25) is 0 Å². The summed E-state index contributed by atoms with van der Waals surface area (Å²) in [6.45, 7) is 8.14. The second kappa shape index (κ2) is 7.25. The molecule has 0 N–H and O–H groups in total. The molecular formula is C26H32O4Si. The number of rotatable bonds is 2. The van der Waals surface area contributed by atoms with E-state index in [0.29, 0.717) is 0 Å². The number of ether oxygens (including phenoxy) is 4. The van der Waals surface area contributed by atoms with Gasteiger partial charge in [0.1, 0.15) is 8.07 Å². The summed E-state index contributed by atoms with van der Waals surface area (Å²) in [5, 5.41) is 3.01. The van der Waals surface area contributed by atoms with Crippen LogP contribution in [0, 0.1) is 0 Å². The van der Waals surface area contributed by atoms with E-state index in [-0.39, 0.29) is 0 Å². The molecule has 2 saturated heterocycles. The highest BCUT2D eigenvalue weighted by atomic mass is 28.3. The van der Waals surface area contributed by atoms with Crippen molar-refractivity contribution in [2.75, 3.05) is 26.4 Å². The number of hydrogen-bond acceptors (Lipinski definition) is 4. The Morgan fingerprint density at radius 3 is 1.87 bits per heavy atom. The molecule has 5 heteroatoms. The normalized spacial score (nSPS) is 23.8. The molecule has 0 bridgehead atoms. The second-order valence-electron chi connectivity index (χ2n) is 10.1. The van der Waals surface area contributed by atoms with E-state index in [2.05, 4.69) is 49.5 Å². The maximum absolute atomic E-state index is 6.31. The Morgan fingerprint density at radius 1 is 0.677 bits per heavy atom. The first-order chi connectivity index (χ1) is 15.0. The van der Waals surface area contributed by atoms with Crippen LogP contribution in [0.3, 0.4) is 0 Å². The quantitative estimate of drug-likeness (QED) is 0.679. The highest BCUT2D eigenvalue weighted by Gasteiger charge is 2.49. The lowest BCUT2D eigenvalue weighted by atomic mass is 9.99. The molecule has 0 atom stereocenters. The smallest absolute Gasteiger partial charge is 0.176 e. The Kier molecular flexibility index (Phi) is 4.71. The molecule has 0 saturated carbocycles. The van der Waals surface area contributed by atoms with Crippen LogP contribution in [-0.4, -0.2) is 46.1 Å². The molecular weight excluding hydrogens is 404 g/mol. The van der Waals surface area contributed by atoms with Gasteiger partial charge in [-0.25, -0.2) is 0 Å². The van der Waals surface area contributed by atoms with Gasteiger partial charge in [0.15, 0.2) is 11.6 Å². The summed E-state index contributed by atoms with van der Waals surface area (Å²) in [7, 11) is -1.89. The highest BCUT2D eigenvalue weighted by molar-refractivity contribution is 7.00. The number of fused-ring (bicyclic) bond motifs is 3. The van der Waals surface area contributed by atoms with Crippen LogP contribution in [0.5, 0.6) is 0 Å². The summed E-state index contributed by atoms with van der Waals surface area (Å²) >= 11 is 0. The van der Waals surface area contributed by atoms with Crippen LogP contribution in [-0.2, 0) is 44.6 Å². The van der Waals surface area contributed by atoms with E-state index in [1.807, 2.05) is 0 Å². The summed E-state index contributed by atoms with van der Waals surface area (Å²) in [6.07, 6.45) is 5.40. The molecule has 2 heterocycles. The first kappa shape index (κ1) is 20.1. The fraction of sp³-hybridized carbons (Fsp3) is 0.538. The van der Waals surface area contributed by atoms with Crippen LogP contribution >= 0.6 is 0 Å². The third kappa shape index (κ3) is 3.25. The van der Waals surface area contributed by atoms with Crippen molar-refractivity contribution in [1.29, 1.82) is 0 Å². The molecule has 31 heavy (non-hydrogen) atoms. The third-order valence-corrected chi connectivity index (χ3v) is 11.3. The maximum atomic E-state index is 6.31. The van der Waals surface area contributed by atoms with Gasteiger partial charge in [0, 0.05) is 25.7 Å². The van der Waals surface area contributed by atoms with E-state index in [0.717, 1.165) is 65.0 Å².